The number of rotatable bonds is 3. The highest BCUT2D eigenvalue weighted by Crippen LogP contribution is 2.35. The van der Waals surface area contributed by atoms with Gasteiger partial charge in [0.2, 0.25) is 0 Å². The van der Waals surface area contributed by atoms with Gasteiger partial charge in [-0.15, -0.1) is 0 Å². The number of hydrogen-bond donors (Lipinski definition) is 1. The summed E-state index contributed by atoms with van der Waals surface area (Å²) in [5.74, 6) is 1.24. The fraction of sp³-hybridized carbons (Fsp3) is 0.625. The summed E-state index contributed by atoms with van der Waals surface area (Å²) < 4.78 is 5.51. The Kier molecular flexibility index (Phi) is 3.87. The largest absolute Gasteiger partial charge is 0.381 e. The Morgan fingerprint density at radius 1 is 1.37 bits per heavy atom. The van der Waals surface area contributed by atoms with Gasteiger partial charge in [-0.05, 0) is 43.5 Å². The highest BCUT2D eigenvalue weighted by Gasteiger charge is 2.30. The van der Waals surface area contributed by atoms with Crippen LogP contribution in [-0.4, -0.2) is 38.3 Å². The van der Waals surface area contributed by atoms with E-state index in [9.17, 15) is 0 Å². The van der Waals surface area contributed by atoms with E-state index in [1.165, 1.54) is 17.5 Å². The molecule has 0 radical (unpaired) electrons. The van der Waals surface area contributed by atoms with Gasteiger partial charge >= 0.3 is 0 Å². The number of likely N-dealkylation sites (tertiary alicyclic amines) is 1. The van der Waals surface area contributed by atoms with Crippen molar-refractivity contribution in [2.45, 2.75) is 24.8 Å². The van der Waals surface area contributed by atoms with Crippen LogP contribution < -0.4 is 5.73 Å². The van der Waals surface area contributed by atoms with Gasteiger partial charge in [-0.3, -0.25) is 4.90 Å². The molecule has 19 heavy (non-hydrogen) atoms. The second-order valence-corrected chi connectivity index (χ2v) is 6.02. The van der Waals surface area contributed by atoms with Crippen molar-refractivity contribution in [1.82, 2.24) is 4.90 Å². The van der Waals surface area contributed by atoms with E-state index in [2.05, 4.69) is 36.2 Å². The van der Waals surface area contributed by atoms with Crippen molar-refractivity contribution >= 4 is 0 Å². The van der Waals surface area contributed by atoms with Crippen molar-refractivity contribution in [2.75, 3.05) is 33.4 Å². The summed E-state index contributed by atoms with van der Waals surface area (Å²) in [6, 6.07) is 9.64. The topological polar surface area (TPSA) is 38.5 Å². The van der Waals surface area contributed by atoms with E-state index in [4.69, 9.17) is 10.5 Å². The molecule has 3 atom stereocenters. The smallest absolute Gasteiger partial charge is 0.0535 e. The fourth-order valence-corrected chi connectivity index (χ4v) is 3.48. The number of nitrogens with zero attached hydrogens (tertiary/aromatic N) is 1. The molecular formula is C16H24N2O. The third-order valence-electron chi connectivity index (χ3n) is 4.66. The Labute approximate surface area is 115 Å². The Morgan fingerprint density at radius 2 is 2.21 bits per heavy atom. The molecule has 0 bridgehead atoms. The first-order valence-corrected chi connectivity index (χ1v) is 7.36. The average molecular weight is 260 g/mol. The SMILES string of the molecule is CN1CC(CN)CC1c1cccc(C2CCOC2)c1. The Balaban J connectivity index is 1.79. The summed E-state index contributed by atoms with van der Waals surface area (Å²) in [6.07, 6.45) is 2.35. The van der Waals surface area contributed by atoms with E-state index >= 15 is 0 Å². The van der Waals surface area contributed by atoms with E-state index in [0.717, 1.165) is 32.7 Å². The summed E-state index contributed by atoms with van der Waals surface area (Å²) in [7, 11) is 2.21. The van der Waals surface area contributed by atoms with Crippen LogP contribution in [0.25, 0.3) is 0 Å². The number of ether oxygens (including phenoxy) is 1. The van der Waals surface area contributed by atoms with Gasteiger partial charge in [-0.1, -0.05) is 24.3 Å². The van der Waals surface area contributed by atoms with Crippen LogP contribution in [0.5, 0.6) is 0 Å². The maximum atomic E-state index is 5.82. The van der Waals surface area contributed by atoms with Crippen LogP contribution in [0.4, 0.5) is 0 Å². The molecule has 104 valence electrons. The van der Waals surface area contributed by atoms with Crippen LogP contribution >= 0.6 is 0 Å². The first-order valence-electron chi connectivity index (χ1n) is 7.36. The summed E-state index contributed by atoms with van der Waals surface area (Å²) in [6.45, 7) is 3.72. The molecule has 1 aromatic carbocycles. The molecule has 0 spiro atoms. The molecule has 0 saturated carbocycles. The predicted octanol–water partition coefficient (Wildman–Crippen LogP) is 2.14. The highest BCUT2D eigenvalue weighted by atomic mass is 16.5. The molecule has 3 nitrogen and oxygen atoms in total. The first-order chi connectivity index (χ1) is 9.28. The summed E-state index contributed by atoms with van der Waals surface area (Å²) in [5, 5.41) is 0. The molecule has 2 saturated heterocycles. The summed E-state index contributed by atoms with van der Waals surface area (Å²) in [4.78, 5) is 2.45. The molecule has 1 aromatic rings. The van der Waals surface area contributed by atoms with Crippen LogP contribution in [-0.2, 0) is 4.74 Å². The predicted molar refractivity (Wildman–Crippen MR) is 77.2 cm³/mol. The van der Waals surface area contributed by atoms with Crippen molar-refractivity contribution in [1.29, 1.82) is 0 Å². The van der Waals surface area contributed by atoms with E-state index in [1.807, 2.05) is 0 Å². The monoisotopic (exact) mass is 260 g/mol. The maximum absolute atomic E-state index is 5.82. The summed E-state index contributed by atoms with van der Waals surface area (Å²) in [5.41, 5.74) is 8.71. The minimum absolute atomic E-state index is 0.538. The van der Waals surface area contributed by atoms with Crippen LogP contribution in [0.3, 0.4) is 0 Å². The fourth-order valence-electron chi connectivity index (χ4n) is 3.48. The maximum Gasteiger partial charge on any atom is 0.0535 e. The molecule has 0 aliphatic carbocycles. The van der Waals surface area contributed by atoms with E-state index < -0.39 is 0 Å². The van der Waals surface area contributed by atoms with Crippen LogP contribution in [0, 0.1) is 5.92 Å². The van der Waals surface area contributed by atoms with Gasteiger partial charge in [0.25, 0.3) is 0 Å². The van der Waals surface area contributed by atoms with Crippen molar-refractivity contribution < 1.29 is 4.74 Å². The Bertz CT molecular complexity index is 429. The highest BCUT2D eigenvalue weighted by molar-refractivity contribution is 5.30. The van der Waals surface area contributed by atoms with Gasteiger partial charge in [-0.25, -0.2) is 0 Å². The Morgan fingerprint density at radius 3 is 2.89 bits per heavy atom. The first kappa shape index (κ1) is 13.1. The molecule has 0 amide bonds. The van der Waals surface area contributed by atoms with Crippen molar-refractivity contribution in [3.8, 4) is 0 Å². The molecule has 2 aliphatic heterocycles. The minimum atomic E-state index is 0.538. The summed E-state index contributed by atoms with van der Waals surface area (Å²) >= 11 is 0. The molecule has 3 unspecified atom stereocenters. The second kappa shape index (κ2) is 5.61. The third-order valence-corrected chi connectivity index (χ3v) is 4.66. The standard InChI is InChI=1S/C16H24N2O/c1-18-10-12(9-17)7-16(18)14-4-2-3-13(8-14)15-5-6-19-11-15/h2-4,8,12,15-16H,5-7,9-11,17H2,1H3. The molecular weight excluding hydrogens is 236 g/mol. The average Bonchev–Trinajstić information content (AvgIpc) is 3.08. The van der Waals surface area contributed by atoms with Gasteiger partial charge in [0.15, 0.2) is 0 Å². The van der Waals surface area contributed by atoms with Crippen molar-refractivity contribution in [3.63, 3.8) is 0 Å². The van der Waals surface area contributed by atoms with Crippen LogP contribution in [0.1, 0.15) is 35.9 Å². The molecule has 2 fully saturated rings. The van der Waals surface area contributed by atoms with E-state index in [-0.39, 0.29) is 0 Å². The Hall–Kier alpha value is -0.900. The van der Waals surface area contributed by atoms with E-state index in [0.29, 0.717) is 17.9 Å². The number of nitrogens with two attached hydrogens (primary N) is 1. The molecule has 3 rings (SSSR count). The lowest BCUT2D eigenvalue weighted by Crippen LogP contribution is -2.20. The lowest BCUT2D eigenvalue weighted by atomic mass is 9.93. The normalized spacial score (nSPS) is 32.0. The molecule has 2 heterocycles. The quantitative estimate of drug-likeness (QED) is 0.905. The van der Waals surface area contributed by atoms with Crippen molar-refractivity contribution in [2.24, 2.45) is 11.7 Å². The lowest BCUT2D eigenvalue weighted by Gasteiger charge is -2.21. The molecule has 3 heteroatoms. The molecule has 2 aliphatic rings. The lowest BCUT2D eigenvalue weighted by molar-refractivity contribution is 0.194. The van der Waals surface area contributed by atoms with E-state index in [1.54, 1.807) is 0 Å². The number of hydrogen-bond acceptors (Lipinski definition) is 3. The zero-order valence-corrected chi connectivity index (χ0v) is 11.7. The minimum Gasteiger partial charge on any atom is -0.381 e. The molecule has 2 N–H and O–H groups in total. The number of benzene rings is 1. The van der Waals surface area contributed by atoms with Crippen LogP contribution in [0.15, 0.2) is 24.3 Å². The zero-order valence-electron chi connectivity index (χ0n) is 11.7. The molecule has 0 aromatic heterocycles. The van der Waals surface area contributed by atoms with Gasteiger partial charge in [0.05, 0.1) is 6.61 Å². The van der Waals surface area contributed by atoms with Crippen molar-refractivity contribution in [3.05, 3.63) is 35.4 Å². The zero-order chi connectivity index (χ0) is 13.2. The van der Waals surface area contributed by atoms with Gasteiger partial charge < -0.3 is 10.5 Å². The van der Waals surface area contributed by atoms with Gasteiger partial charge in [-0.2, -0.15) is 0 Å². The third kappa shape index (κ3) is 2.69. The second-order valence-electron chi connectivity index (χ2n) is 6.02. The van der Waals surface area contributed by atoms with Crippen LogP contribution in [0.2, 0.25) is 0 Å². The van der Waals surface area contributed by atoms with Gasteiger partial charge in [0, 0.05) is 25.1 Å². The van der Waals surface area contributed by atoms with Gasteiger partial charge in [0.1, 0.15) is 0 Å².